The number of carbonyl (C=O) groups is 5. The quantitative estimate of drug-likeness (QED) is 0.115. The molecule has 5 aromatic carbocycles. The lowest BCUT2D eigenvalue weighted by atomic mass is 9.69. The van der Waals surface area contributed by atoms with E-state index in [1.807, 2.05) is 78.9 Å². The molecule has 0 N–H and O–H groups in total. The highest BCUT2D eigenvalue weighted by Gasteiger charge is 2.38. The molecule has 5 aromatic rings. The van der Waals surface area contributed by atoms with Gasteiger partial charge in [0.1, 0.15) is 12.2 Å². The number of Topliss-reactive ketones (excluding diaryl/α,β-unsaturated/α-hetero) is 4. The predicted molar refractivity (Wildman–Crippen MR) is 237 cm³/mol. The molecule has 0 aromatic heterocycles. The van der Waals surface area contributed by atoms with Crippen LogP contribution >= 0.6 is 0 Å². The molecule has 0 spiro atoms. The number of ether oxygens (including phenoxy) is 1. The fraction of sp³-hybridized carbons (Fsp3) is 0.204. The molecule has 60 heavy (non-hydrogen) atoms. The van der Waals surface area contributed by atoms with Gasteiger partial charge in [0.2, 0.25) is 5.78 Å². The highest BCUT2D eigenvalue weighted by Crippen LogP contribution is 2.46. The molecule has 0 bridgehead atoms. The van der Waals surface area contributed by atoms with Crippen LogP contribution in [0.3, 0.4) is 0 Å². The Morgan fingerprint density at radius 3 is 1.27 bits per heavy atom. The molecule has 0 amide bonds. The Kier molecular flexibility index (Phi) is 11.6. The van der Waals surface area contributed by atoms with Crippen LogP contribution in [0.4, 0.5) is 0 Å². The predicted octanol–water partition coefficient (Wildman–Crippen LogP) is 12.0. The average molecular weight is 793 g/mol. The van der Waals surface area contributed by atoms with Crippen molar-refractivity contribution in [3.8, 4) is 0 Å². The summed E-state index contributed by atoms with van der Waals surface area (Å²) in [6.07, 6.45) is 5.91. The van der Waals surface area contributed by atoms with Gasteiger partial charge in [-0.25, -0.2) is 4.79 Å². The maximum Gasteiger partial charge on any atom is 0.343 e. The van der Waals surface area contributed by atoms with Gasteiger partial charge in [-0.05, 0) is 69.2 Å². The van der Waals surface area contributed by atoms with Gasteiger partial charge in [-0.15, -0.1) is 0 Å². The van der Waals surface area contributed by atoms with Crippen LogP contribution in [-0.2, 0) is 16.1 Å². The van der Waals surface area contributed by atoms with E-state index in [1.165, 1.54) is 0 Å². The molecular formula is C54H48O6. The van der Waals surface area contributed by atoms with Crippen molar-refractivity contribution in [1.82, 2.24) is 0 Å². The van der Waals surface area contributed by atoms with E-state index in [0.29, 0.717) is 11.1 Å². The molecule has 0 radical (unpaired) electrons. The number of rotatable bonds is 8. The van der Waals surface area contributed by atoms with Crippen LogP contribution < -0.4 is 0 Å². The average Bonchev–Trinajstić information content (AvgIpc) is 3.28. The molecule has 300 valence electrons. The zero-order valence-electron chi connectivity index (χ0n) is 34.9. The lowest BCUT2D eigenvalue weighted by Gasteiger charge is -2.33. The van der Waals surface area contributed by atoms with Crippen molar-refractivity contribution in [1.29, 1.82) is 0 Å². The third-order valence-corrected chi connectivity index (χ3v) is 12.1. The summed E-state index contributed by atoms with van der Waals surface area (Å²) in [5.41, 5.74) is 8.32. The van der Waals surface area contributed by atoms with E-state index >= 15 is 0 Å². The normalized spacial score (nSPS) is 16.2. The largest absolute Gasteiger partial charge is 0.457 e. The van der Waals surface area contributed by atoms with Gasteiger partial charge in [-0.1, -0.05) is 175 Å². The summed E-state index contributed by atoms with van der Waals surface area (Å²) in [4.78, 5) is 66.0. The van der Waals surface area contributed by atoms with Gasteiger partial charge in [0.05, 0.1) is 0 Å². The van der Waals surface area contributed by atoms with Crippen LogP contribution in [0, 0.1) is 10.8 Å². The van der Waals surface area contributed by atoms with Crippen molar-refractivity contribution in [2.24, 2.45) is 10.8 Å². The zero-order valence-corrected chi connectivity index (χ0v) is 34.9. The standard InChI is InChI=1S/C30H32O2.C24H16O4/c1-7-29(3,4)25-17-23(19-13-9-11-15-21(19)27(25)31)24-18-26(30(5,6)8-2)28(32)22-16-12-10-14-20(22)24;25-22-18-13-7-8-14-19(18)23(26)21(20(22)17-11-5-2-6-12-17)24(27)28-15-16-9-3-1-4-10-16/h9-18H,7-8H2,1-6H3;1-14H,15H2/b24-23+;. The molecule has 3 aliphatic rings. The first kappa shape index (κ1) is 41.4. The van der Waals surface area contributed by atoms with Gasteiger partial charge < -0.3 is 4.74 Å². The van der Waals surface area contributed by atoms with Crippen LogP contribution in [0.25, 0.3) is 16.7 Å². The van der Waals surface area contributed by atoms with Gasteiger partial charge in [0, 0.05) is 39.0 Å². The molecule has 0 fully saturated rings. The summed E-state index contributed by atoms with van der Waals surface area (Å²) in [5, 5.41) is 0. The number of ketones is 4. The lowest BCUT2D eigenvalue weighted by Crippen LogP contribution is -2.27. The Bertz CT molecular complexity index is 2590. The second-order valence-corrected chi connectivity index (χ2v) is 16.5. The lowest BCUT2D eigenvalue weighted by molar-refractivity contribution is -0.139. The fourth-order valence-electron chi connectivity index (χ4n) is 7.78. The van der Waals surface area contributed by atoms with E-state index < -0.39 is 11.8 Å². The Morgan fingerprint density at radius 2 is 0.833 bits per heavy atom. The third-order valence-electron chi connectivity index (χ3n) is 12.1. The fourth-order valence-corrected chi connectivity index (χ4v) is 7.78. The van der Waals surface area contributed by atoms with Crippen molar-refractivity contribution >= 4 is 45.8 Å². The Hall–Kier alpha value is -6.79. The Morgan fingerprint density at radius 1 is 0.467 bits per heavy atom. The minimum absolute atomic E-state index is 0.0222. The first-order valence-corrected chi connectivity index (χ1v) is 20.4. The monoisotopic (exact) mass is 792 g/mol. The number of esters is 1. The molecule has 0 aliphatic heterocycles. The zero-order chi connectivity index (χ0) is 42.8. The topological polar surface area (TPSA) is 94.6 Å². The van der Waals surface area contributed by atoms with Crippen LogP contribution in [0.5, 0.6) is 0 Å². The summed E-state index contributed by atoms with van der Waals surface area (Å²) in [7, 11) is 0. The first-order valence-electron chi connectivity index (χ1n) is 20.4. The van der Waals surface area contributed by atoms with E-state index in [2.05, 4.69) is 53.7 Å². The molecular weight excluding hydrogens is 745 g/mol. The molecule has 0 atom stereocenters. The summed E-state index contributed by atoms with van der Waals surface area (Å²) in [6, 6.07) is 40.2. The van der Waals surface area contributed by atoms with Crippen LogP contribution in [-0.4, -0.2) is 29.1 Å². The van der Waals surface area contributed by atoms with Crippen molar-refractivity contribution in [3.05, 3.63) is 207 Å². The van der Waals surface area contributed by atoms with E-state index in [9.17, 15) is 24.0 Å². The van der Waals surface area contributed by atoms with E-state index in [0.717, 1.165) is 63.0 Å². The number of hydrogen-bond acceptors (Lipinski definition) is 6. The van der Waals surface area contributed by atoms with Gasteiger partial charge in [0.25, 0.3) is 0 Å². The highest BCUT2D eigenvalue weighted by molar-refractivity contribution is 6.46. The van der Waals surface area contributed by atoms with Crippen molar-refractivity contribution in [2.75, 3.05) is 0 Å². The van der Waals surface area contributed by atoms with Gasteiger partial charge in [0.15, 0.2) is 17.3 Å². The number of hydrogen-bond donors (Lipinski definition) is 0. The summed E-state index contributed by atoms with van der Waals surface area (Å²) in [6.45, 7) is 12.8. The van der Waals surface area contributed by atoms with Gasteiger partial charge >= 0.3 is 5.97 Å². The molecule has 0 saturated carbocycles. The van der Waals surface area contributed by atoms with Crippen molar-refractivity contribution in [2.45, 2.75) is 61.0 Å². The molecule has 6 nitrogen and oxygen atoms in total. The smallest absolute Gasteiger partial charge is 0.343 e. The number of allylic oxidation sites excluding steroid dienone is 7. The number of carbonyl (C=O) groups excluding carboxylic acids is 5. The van der Waals surface area contributed by atoms with Gasteiger partial charge in [-0.2, -0.15) is 0 Å². The second kappa shape index (κ2) is 16.8. The van der Waals surface area contributed by atoms with Crippen LogP contribution in [0.1, 0.15) is 118 Å². The molecule has 8 rings (SSSR count). The number of fused-ring (bicyclic) bond motifs is 3. The van der Waals surface area contributed by atoms with Gasteiger partial charge in [-0.3, -0.25) is 19.2 Å². The minimum Gasteiger partial charge on any atom is -0.457 e. The second-order valence-electron chi connectivity index (χ2n) is 16.5. The molecule has 0 unspecified atom stereocenters. The molecule has 6 heteroatoms. The Balaban J connectivity index is 0.000000183. The van der Waals surface area contributed by atoms with Crippen molar-refractivity contribution in [3.63, 3.8) is 0 Å². The third kappa shape index (κ3) is 7.73. The molecule has 3 aliphatic carbocycles. The van der Waals surface area contributed by atoms with Crippen LogP contribution in [0.2, 0.25) is 0 Å². The number of benzene rings is 5. The summed E-state index contributed by atoms with van der Waals surface area (Å²) >= 11 is 0. The van der Waals surface area contributed by atoms with Crippen LogP contribution in [0.15, 0.2) is 162 Å². The summed E-state index contributed by atoms with van der Waals surface area (Å²) in [5.74, 6) is -1.43. The first-order chi connectivity index (χ1) is 28.8. The minimum atomic E-state index is -0.796. The van der Waals surface area contributed by atoms with E-state index in [4.69, 9.17) is 4.74 Å². The summed E-state index contributed by atoms with van der Waals surface area (Å²) < 4.78 is 5.38. The van der Waals surface area contributed by atoms with E-state index in [1.54, 1.807) is 54.6 Å². The van der Waals surface area contributed by atoms with Crippen molar-refractivity contribution < 1.29 is 28.7 Å². The maximum absolute atomic E-state index is 13.5. The molecule has 0 saturated heterocycles. The Labute approximate surface area is 352 Å². The maximum atomic E-state index is 13.5. The van der Waals surface area contributed by atoms with E-state index in [-0.39, 0.29) is 51.5 Å². The highest BCUT2D eigenvalue weighted by atomic mass is 16.5. The SMILES string of the molecule is CCC(C)(C)C1=C/C(=C2/C=C(C(C)(C)CC)C(=O)c3ccccc32)c2ccccc2C1=O.O=C(OCc1ccccc1)C1=C(c2ccccc2)C(=O)c2ccccc2C1=O. The molecule has 0 heterocycles.